The Morgan fingerprint density at radius 2 is 2.10 bits per heavy atom. The number of carbonyl (C=O) groups excluding carboxylic acids is 2. The molecule has 1 fully saturated rings. The number of hydrogen-bond donors (Lipinski definition) is 1. The van der Waals surface area contributed by atoms with Gasteiger partial charge in [-0.15, -0.1) is 0 Å². The van der Waals surface area contributed by atoms with Crippen molar-refractivity contribution in [3.8, 4) is 0 Å². The van der Waals surface area contributed by atoms with Crippen molar-refractivity contribution in [1.29, 1.82) is 0 Å². The van der Waals surface area contributed by atoms with Gasteiger partial charge in [0.25, 0.3) is 0 Å². The van der Waals surface area contributed by atoms with Crippen LogP contribution in [0.4, 0.5) is 4.79 Å². The Labute approximate surface area is 124 Å². The van der Waals surface area contributed by atoms with Gasteiger partial charge >= 0.3 is 12.1 Å². The topological polar surface area (TPSA) is 73.9 Å². The number of nitrogens with one attached hydrogen (secondary N) is 1. The van der Waals surface area contributed by atoms with Crippen LogP contribution in [0.25, 0.3) is 0 Å². The summed E-state index contributed by atoms with van der Waals surface area (Å²) in [6.07, 6.45) is 0.743. The molecule has 20 heavy (non-hydrogen) atoms. The number of amides is 1. The van der Waals surface area contributed by atoms with E-state index in [1.807, 2.05) is 0 Å². The summed E-state index contributed by atoms with van der Waals surface area (Å²) in [5.74, 6) is -0.455. The lowest BCUT2D eigenvalue weighted by Crippen LogP contribution is -2.49. The molecule has 7 heteroatoms. The van der Waals surface area contributed by atoms with Crippen LogP contribution in [0.5, 0.6) is 0 Å². The van der Waals surface area contributed by atoms with E-state index in [-0.39, 0.29) is 19.2 Å². The van der Waals surface area contributed by atoms with Crippen LogP contribution < -0.4 is 5.32 Å². The third kappa shape index (κ3) is 5.17. The van der Waals surface area contributed by atoms with E-state index in [2.05, 4.69) is 5.32 Å². The molecule has 0 aliphatic carbocycles. The number of alkyl carbamates (subject to hydrolysis) is 1. The van der Waals surface area contributed by atoms with Crippen molar-refractivity contribution in [2.45, 2.75) is 39.2 Å². The van der Waals surface area contributed by atoms with Gasteiger partial charge in [-0.05, 0) is 33.6 Å². The molecule has 0 saturated carbocycles. The average Bonchev–Trinajstić information content (AvgIpc) is 2.36. The Morgan fingerprint density at radius 3 is 2.60 bits per heavy atom. The Bertz CT molecular complexity index is 347. The number of carbonyl (C=O) groups is 2. The Hall–Kier alpha value is -1.01. The minimum absolute atomic E-state index is 0.109. The third-order valence-electron chi connectivity index (χ3n) is 2.91. The van der Waals surface area contributed by atoms with Crippen molar-refractivity contribution in [3.63, 3.8) is 0 Å². The molecule has 116 valence electrons. The van der Waals surface area contributed by atoms with E-state index in [0.717, 1.165) is 6.42 Å². The number of rotatable bonds is 4. The molecular formula is C13H22ClNO5. The lowest BCUT2D eigenvalue weighted by molar-refractivity contribution is -0.161. The summed E-state index contributed by atoms with van der Waals surface area (Å²) in [5.41, 5.74) is -1.47. The molecule has 0 spiro atoms. The molecule has 1 aliphatic heterocycles. The fourth-order valence-electron chi connectivity index (χ4n) is 1.98. The molecule has 1 N–H and O–H groups in total. The van der Waals surface area contributed by atoms with E-state index in [1.165, 1.54) is 0 Å². The maximum Gasteiger partial charge on any atom is 0.407 e. The summed E-state index contributed by atoms with van der Waals surface area (Å²) in [5, 5.41) is 2.60. The number of alkyl halides is 1. The van der Waals surface area contributed by atoms with Crippen LogP contribution in [0.3, 0.4) is 0 Å². The van der Waals surface area contributed by atoms with Crippen molar-refractivity contribution in [1.82, 2.24) is 5.32 Å². The third-order valence-corrected chi connectivity index (χ3v) is 3.02. The molecule has 0 aromatic heterocycles. The highest BCUT2D eigenvalue weighted by atomic mass is 35.5. The quantitative estimate of drug-likeness (QED) is 0.635. The molecule has 1 heterocycles. The highest BCUT2D eigenvalue weighted by Crippen LogP contribution is 2.29. The number of halogens is 1. The van der Waals surface area contributed by atoms with Gasteiger partial charge in [0, 0.05) is 13.2 Å². The molecule has 0 bridgehead atoms. The SMILES string of the molecule is CC(C)(C)OC(=O)NCC1(C(=O)OCCl)CCCOC1. The van der Waals surface area contributed by atoms with Crippen LogP contribution in [0.15, 0.2) is 0 Å². The van der Waals surface area contributed by atoms with Gasteiger partial charge in [-0.1, -0.05) is 11.6 Å². The maximum absolute atomic E-state index is 12.0. The standard InChI is InChI=1S/C13H22ClNO5/c1-12(2,3)20-11(17)15-7-13(10(16)19-9-14)5-4-6-18-8-13/h4-9H2,1-3H3,(H,15,17). The molecule has 0 aromatic carbocycles. The second-order valence-electron chi connectivity index (χ2n) is 5.83. The Balaban J connectivity index is 2.61. The zero-order chi connectivity index (χ0) is 15.2. The largest absolute Gasteiger partial charge is 0.449 e. The van der Waals surface area contributed by atoms with E-state index in [1.54, 1.807) is 20.8 Å². The summed E-state index contributed by atoms with van der Waals surface area (Å²) < 4.78 is 15.4. The molecule has 1 aliphatic rings. The lowest BCUT2D eigenvalue weighted by Gasteiger charge is -2.34. The number of ether oxygens (including phenoxy) is 3. The normalized spacial score (nSPS) is 23.0. The summed E-state index contributed by atoms with van der Waals surface area (Å²) in [6.45, 7) is 6.23. The van der Waals surface area contributed by atoms with Crippen LogP contribution in [-0.2, 0) is 19.0 Å². The maximum atomic E-state index is 12.0. The van der Waals surface area contributed by atoms with E-state index < -0.39 is 23.1 Å². The fraction of sp³-hybridized carbons (Fsp3) is 0.846. The molecule has 0 aromatic rings. The van der Waals surface area contributed by atoms with Gasteiger partial charge in [-0.25, -0.2) is 4.79 Å². The summed E-state index contributed by atoms with van der Waals surface area (Å²) in [4.78, 5) is 23.7. The minimum Gasteiger partial charge on any atom is -0.449 e. The minimum atomic E-state index is -0.885. The monoisotopic (exact) mass is 307 g/mol. The molecular weight excluding hydrogens is 286 g/mol. The van der Waals surface area contributed by atoms with Crippen LogP contribution in [0.1, 0.15) is 33.6 Å². The van der Waals surface area contributed by atoms with Gasteiger partial charge in [0.05, 0.1) is 6.61 Å². The van der Waals surface area contributed by atoms with Gasteiger partial charge in [-0.2, -0.15) is 0 Å². The molecule has 1 saturated heterocycles. The molecule has 6 nitrogen and oxygen atoms in total. The number of esters is 1. The van der Waals surface area contributed by atoms with Crippen LogP contribution >= 0.6 is 11.6 Å². The summed E-state index contributed by atoms with van der Waals surface area (Å²) in [6, 6.07) is -0.215. The van der Waals surface area contributed by atoms with Gasteiger partial charge in [0.2, 0.25) is 0 Å². The van der Waals surface area contributed by atoms with Gasteiger partial charge < -0.3 is 19.5 Å². The van der Waals surface area contributed by atoms with E-state index in [0.29, 0.717) is 13.0 Å². The van der Waals surface area contributed by atoms with Gasteiger partial charge in [0.1, 0.15) is 11.0 Å². The van der Waals surface area contributed by atoms with Crippen LogP contribution in [0, 0.1) is 5.41 Å². The fourth-order valence-corrected chi connectivity index (χ4v) is 2.08. The molecule has 1 unspecified atom stereocenters. The first-order valence-electron chi connectivity index (χ1n) is 6.57. The Kier molecular flexibility index (Phi) is 6.07. The summed E-state index contributed by atoms with van der Waals surface area (Å²) in [7, 11) is 0. The van der Waals surface area contributed by atoms with Crippen molar-refractivity contribution >= 4 is 23.7 Å². The predicted molar refractivity (Wildman–Crippen MR) is 73.5 cm³/mol. The first-order valence-corrected chi connectivity index (χ1v) is 7.10. The second kappa shape index (κ2) is 7.13. The zero-order valence-corrected chi connectivity index (χ0v) is 12.9. The number of hydrogen-bond acceptors (Lipinski definition) is 5. The van der Waals surface area contributed by atoms with E-state index in [4.69, 9.17) is 25.8 Å². The lowest BCUT2D eigenvalue weighted by atomic mass is 9.82. The van der Waals surface area contributed by atoms with E-state index >= 15 is 0 Å². The summed E-state index contributed by atoms with van der Waals surface area (Å²) >= 11 is 5.43. The molecule has 0 radical (unpaired) electrons. The highest BCUT2D eigenvalue weighted by Gasteiger charge is 2.42. The van der Waals surface area contributed by atoms with Crippen molar-refractivity contribution in [2.24, 2.45) is 5.41 Å². The first-order chi connectivity index (χ1) is 9.29. The smallest absolute Gasteiger partial charge is 0.407 e. The van der Waals surface area contributed by atoms with Crippen LogP contribution in [-0.4, -0.2) is 43.5 Å². The van der Waals surface area contributed by atoms with Gasteiger partial charge in [0.15, 0.2) is 6.07 Å². The second-order valence-corrected chi connectivity index (χ2v) is 6.05. The zero-order valence-electron chi connectivity index (χ0n) is 12.2. The van der Waals surface area contributed by atoms with Crippen molar-refractivity contribution in [3.05, 3.63) is 0 Å². The van der Waals surface area contributed by atoms with E-state index in [9.17, 15) is 9.59 Å². The van der Waals surface area contributed by atoms with Crippen LogP contribution in [0.2, 0.25) is 0 Å². The molecule has 1 rings (SSSR count). The Morgan fingerprint density at radius 1 is 1.40 bits per heavy atom. The first kappa shape index (κ1) is 17.0. The highest BCUT2D eigenvalue weighted by molar-refractivity contribution is 6.17. The van der Waals surface area contributed by atoms with Crippen molar-refractivity contribution < 1.29 is 23.8 Å². The van der Waals surface area contributed by atoms with Gasteiger partial charge in [-0.3, -0.25) is 4.79 Å². The van der Waals surface area contributed by atoms with Crippen molar-refractivity contribution in [2.75, 3.05) is 25.8 Å². The molecule has 1 amide bonds. The molecule has 1 atom stereocenters. The average molecular weight is 308 g/mol. The predicted octanol–water partition coefficient (Wildman–Crippen LogP) is 2.05.